The summed E-state index contributed by atoms with van der Waals surface area (Å²) in [6.07, 6.45) is 6.07. The molecule has 1 atom stereocenters. The van der Waals surface area contributed by atoms with Gasteiger partial charge >= 0.3 is 0 Å². The van der Waals surface area contributed by atoms with E-state index in [1.54, 1.807) is 0 Å². The molecule has 0 saturated heterocycles. The monoisotopic (exact) mass is 280 g/mol. The average Bonchev–Trinajstić information content (AvgIpc) is 2.23. The molecule has 0 saturated carbocycles. The smallest absolute Gasteiger partial charge is 0.193 e. The van der Waals surface area contributed by atoms with Crippen LogP contribution in [0.5, 0.6) is 0 Å². The van der Waals surface area contributed by atoms with Crippen molar-refractivity contribution < 1.29 is 9.53 Å². The van der Waals surface area contributed by atoms with E-state index in [0.29, 0.717) is 6.42 Å². The van der Waals surface area contributed by atoms with Crippen molar-refractivity contribution in [2.75, 3.05) is 6.61 Å². The molecule has 2 nitrogen and oxygen atoms in total. The van der Waals surface area contributed by atoms with Crippen LogP contribution >= 0.6 is 0 Å². The summed E-state index contributed by atoms with van der Waals surface area (Å²) in [7, 11) is -1.86. The van der Waals surface area contributed by atoms with Crippen molar-refractivity contribution in [3.05, 3.63) is 0 Å². The molecular weight excluding hydrogens is 252 g/mol. The van der Waals surface area contributed by atoms with Gasteiger partial charge in [0.1, 0.15) is 12.7 Å². The third-order valence-corrected chi connectivity index (χ3v) is 8.12. The number of aliphatic hydroxyl groups excluding tert-OH is 1. The molecule has 0 aromatic carbocycles. The van der Waals surface area contributed by atoms with Crippen LogP contribution in [0, 0.1) is 29.6 Å². The van der Waals surface area contributed by atoms with Gasteiger partial charge in [-0.15, -0.1) is 6.42 Å². The van der Waals surface area contributed by atoms with E-state index in [-0.39, 0.29) is 23.2 Å². The fourth-order valence-electron chi connectivity index (χ4n) is 1.46. The minimum absolute atomic E-state index is 0.118. The molecule has 0 radical (unpaired) electrons. The molecule has 19 heavy (non-hydrogen) atoms. The minimum atomic E-state index is -1.86. The molecule has 0 amide bonds. The topological polar surface area (TPSA) is 29.5 Å². The van der Waals surface area contributed by atoms with E-state index in [1.807, 2.05) is 13.8 Å². The van der Waals surface area contributed by atoms with Gasteiger partial charge in [0.25, 0.3) is 0 Å². The van der Waals surface area contributed by atoms with Gasteiger partial charge in [-0.05, 0) is 38.4 Å². The first-order chi connectivity index (χ1) is 8.45. The van der Waals surface area contributed by atoms with Crippen LogP contribution in [0.3, 0.4) is 0 Å². The highest BCUT2D eigenvalue weighted by Gasteiger charge is 2.39. The lowest BCUT2D eigenvalue weighted by molar-refractivity contribution is 0.189. The van der Waals surface area contributed by atoms with E-state index >= 15 is 0 Å². The number of terminal acetylenes is 1. The van der Waals surface area contributed by atoms with Gasteiger partial charge < -0.3 is 9.53 Å². The van der Waals surface area contributed by atoms with Gasteiger partial charge in [-0.3, -0.25) is 0 Å². The summed E-state index contributed by atoms with van der Waals surface area (Å²) in [5.41, 5.74) is -0.248. The van der Waals surface area contributed by atoms with Crippen molar-refractivity contribution in [3.63, 3.8) is 0 Å². The molecule has 108 valence electrons. The molecular formula is C16H28O2Si. The Bertz CT molecular complexity index is 386. The van der Waals surface area contributed by atoms with Gasteiger partial charge in [-0.25, -0.2) is 0 Å². The fourth-order valence-corrected chi connectivity index (χ4v) is 2.68. The van der Waals surface area contributed by atoms with Crippen molar-refractivity contribution >= 4 is 8.32 Å². The zero-order chi connectivity index (χ0) is 15.3. The number of hydrogen-bond acceptors (Lipinski definition) is 2. The van der Waals surface area contributed by atoms with E-state index in [9.17, 15) is 0 Å². The summed E-state index contributed by atoms with van der Waals surface area (Å²) in [6.45, 7) is 14.9. The Labute approximate surface area is 120 Å². The molecule has 1 unspecified atom stereocenters. The summed E-state index contributed by atoms with van der Waals surface area (Å²) in [4.78, 5) is 0. The molecule has 3 heteroatoms. The van der Waals surface area contributed by atoms with Gasteiger partial charge in [0.2, 0.25) is 0 Å². The van der Waals surface area contributed by atoms with Crippen LogP contribution in [-0.2, 0) is 4.43 Å². The lowest BCUT2D eigenvalue weighted by Gasteiger charge is -2.39. The highest BCUT2D eigenvalue weighted by molar-refractivity contribution is 6.74. The number of hydrogen-bond donors (Lipinski definition) is 1. The van der Waals surface area contributed by atoms with Crippen molar-refractivity contribution in [3.8, 4) is 24.2 Å². The zero-order valence-corrected chi connectivity index (χ0v) is 14.4. The van der Waals surface area contributed by atoms with Crippen molar-refractivity contribution in [1.82, 2.24) is 0 Å². The van der Waals surface area contributed by atoms with Gasteiger partial charge in [0, 0.05) is 5.41 Å². The van der Waals surface area contributed by atoms with Crippen LogP contribution in [0.25, 0.3) is 0 Å². The predicted molar refractivity (Wildman–Crippen MR) is 84.2 cm³/mol. The highest BCUT2D eigenvalue weighted by atomic mass is 28.4. The first-order valence-corrected chi connectivity index (χ1v) is 9.61. The van der Waals surface area contributed by atoms with E-state index < -0.39 is 8.32 Å². The molecule has 0 aromatic heterocycles. The zero-order valence-electron chi connectivity index (χ0n) is 13.4. The normalized spacial score (nSPS) is 14.3. The maximum atomic E-state index is 8.78. The summed E-state index contributed by atoms with van der Waals surface area (Å²) in [5, 5.41) is 8.92. The maximum Gasteiger partial charge on any atom is 0.193 e. The van der Waals surface area contributed by atoms with Crippen molar-refractivity contribution in [2.45, 2.75) is 65.3 Å². The van der Waals surface area contributed by atoms with E-state index in [1.165, 1.54) is 0 Å². The fraction of sp³-hybridized carbons (Fsp3) is 0.750. The molecule has 0 spiro atoms. The number of aliphatic hydroxyl groups is 1. The Morgan fingerprint density at radius 3 is 2.11 bits per heavy atom. The van der Waals surface area contributed by atoms with E-state index in [0.717, 1.165) is 0 Å². The second-order valence-corrected chi connectivity index (χ2v) is 11.8. The predicted octanol–water partition coefficient (Wildman–Crippen LogP) is 3.42. The van der Waals surface area contributed by atoms with Crippen LogP contribution in [0.1, 0.15) is 41.0 Å². The van der Waals surface area contributed by atoms with Crippen LogP contribution in [0.2, 0.25) is 18.1 Å². The van der Waals surface area contributed by atoms with E-state index in [2.05, 4.69) is 51.6 Å². The molecule has 0 aromatic rings. The summed E-state index contributed by atoms with van der Waals surface area (Å²) >= 11 is 0. The third-order valence-electron chi connectivity index (χ3n) is 3.63. The summed E-state index contributed by atoms with van der Waals surface area (Å²) in [6, 6.07) is 0. The summed E-state index contributed by atoms with van der Waals surface area (Å²) < 4.78 is 6.24. The maximum absolute atomic E-state index is 8.78. The largest absolute Gasteiger partial charge is 0.403 e. The van der Waals surface area contributed by atoms with Gasteiger partial charge in [0.15, 0.2) is 8.32 Å². The Morgan fingerprint density at radius 1 is 1.21 bits per heavy atom. The molecule has 0 bridgehead atoms. The quantitative estimate of drug-likeness (QED) is 0.631. The molecule has 0 aliphatic rings. The Morgan fingerprint density at radius 2 is 1.74 bits per heavy atom. The van der Waals surface area contributed by atoms with Crippen molar-refractivity contribution in [1.29, 1.82) is 0 Å². The Kier molecular flexibility index (Phi) is 6.36. The molecule has 1 N–H and O–H groups in total. The van der Waals surface area contributed by atoms with Gasteiger partial charge in [-0.2, -0.15) is 0 Å². The number of rotatable bonds is 4. The Hall–Kier alpha value is -0.743. The second-order valence-electron chi connectivity index (χ2n) is 7.08. The van der Waals surface area contributed by atoms with Gasteiger partial charge in [0.05, 0.1) is 0 Å². The lowest BCUT2D eigenvalue weighted by Crippen LogP contribution is -2.44. The van der Waals surface area contributed by atoms with E-state index in [4.69, 9.17) is 16.0 Å². The second kappa shape index (κ2) is 6.62. The third kappa shape index (κ3) is 6.30. The first-order valence-electron chi connectivity index (χ1n) is 6.70. The molecule has 0 rings (SSSR count). The van der Waals surface area contributed by atoms with Crippen molar-refractivity contribution in [2.24, 2.45) is 5.41 Å². The lowest BCUT2D eigenvalue weighted by atomic mass is 9.87. The van der Waals surface area contributed by atoms with Crippen LogP contribution in [-0.4, -0.2) is 26.1 Å². The summed E-state index contributed by atoms with van der Waals surface area (Å²) in [5.74, 6) is 8.49. The first kappa shape index (κ1) is 18.3. The Balaban J connectivity index is 4.85. The minimum Gasteiger partial charge on any atom is -0.403 e. The average molecular weight is 280 g/mol. The molecule has 0 aliphatic heterocycles. The van der Waals surface area contributed by atoms with Gasteiger partial charge in [-0.1, -0.05) is 38.5 Å². The molecule has 0 heterocycles. The van der Waals surface area contributed by atoms with Crippen LogP contribution in [0.4, 0.5) is 0 Å². The molecule has 0 fully saturated rings. The standard InChI is InChI=1S/C16H28O2Si/c1-9-14(13-16(5,6)11-10-12-17)18-19(7,8)15(2,3)4/h1,14,17H,12-13H2,2-8H3. The SMILES string of the molecule is C#CC(CC(C)(C)C#CCO)O[Si](C)(C)C(C)(C)C. The highest BCUT2D eigenvalue weighted by Crippen LogP contribution is 2.38. The van der Waals surface area contributed by atoms with Crippen LogP contribution in [0.15, 0.2) is 0 Å². The molecule has 0 aliphatic carbocycles. The van der Waals surface area contributed by atoms with Crippen LogP contribution < -0.4 is 0 Å².